The van der Waals surface area contributed by atoms with Crippen molar-refractivity contribution in [1.82, 2.24) is 15.1 Å². The lowest BCUT2D eigenvalue weighted by Crippen LogP contribution is -2.38. The second-order valence-electron chi connectivity index (χ2n) is 5.39. The predicted octanol–water partition coefficient (Wildman–Crippen LogP) is 1.83. The second kappa shape index (κ2) is 4.79. The molecule has 1 fully saturated rings. The first-order valence-electron chi connectivity index (χ1n) is 6.72. The van der Waals surface area contributed by atoms with Crippen LogP contribution in [0.1, 0.15) is 25.5 Å². The van der Waals surface area contributed by atoms with E-state index >= 15 is 0 Å². The summed E-state index contributed by atoms with van der Waals surface area (Å²) in [6.45, 7) is 2.38. The van der Waals surface area contributed by atoms with Gasteiger partial charge in [0, 0.05) is 18.8 Å². The molecule has 1 unspecified atom stereocenters. The molecule has 0 spiro atoms. The van der Waals surface area contributed by atoms with Gasteiger partial charge in [0.15, 0.2) is 0 Å². The quantitative estimate of drug-likeness (QED) is 0.859. The number of hydrogen-bond acceptors (Lipinski definition) is 3. The van der Waals surface area contributed by atoms with Crippen LogP contribution >= 0.6 is 0 Å². The summed E-state index contributed by atoms with van der Waals surface area (Å²) >= 11 is 0. The summed E-state index contributed by atoms with van der Waals surface area (Å²) in [5.74, 6) is 0. The lowest BCUT2D eigenvalue weighted by Gasteiger charge is -2.25. The van der Waals surface area contributed by atoms with Gasteiger partial charge >= 0.3 is 0 Å². The number of nitrogens with one attached hydrogen (secondary N) is 1. The van der Waals surface area contributed by atoms with E-state index in [-0.39, 0.29) is 0 Å². The van der Waals surface area contributed by atoms with Crippen molar-refractivity contribution in [1.29, 1.82) is 0 Å². The molecule has 100 valence electrons. The van der Waals surface area contributed by atoms with E-state index in [9.17, 15) is 5.11 Å². The Hall–Kier alpha value is -1.65. The van der Waals surface area contributed by atoms with Crippen LogP contribution in [0.15, 0.2) is 42.6 Å². The molecule has 1 saturated carbocycles. The number of para-hydroxylation sites is 1. The molecule has 2 aromatic rings. The molecule has 3 rings (SSSR count). The van der Waals surface area contributed by atoms with Crippen molar-refractivity contribution in [3.63, 3.8) is 0 Å². The fraction of sp³-hybridized carbons (Fsp3) is 0.400. The summed E-state index contributed by atoms with van der Waals surface area (Å²) in [5, 5.41) is 18.4. The molecule has 4 heteroatoms. The molecule has 19 heavy (non-hydrogen) atoms. The molecule has 0 radical (unpaired) electrons. The number of rotatable bonds is 5. The third-order valence-corrected chi connectivity index (χ3v) is 3.51. The molecule has 1 aliphatic carbocycles. The predicted molar refractivity (Wildman–Crippen MR) is 74.2 cm³/mol. The Morgan fingerprint density at radius 3 is 2.74 bits per heavy atom. The molecule has 1 heterocycles. The van der Waals surface area contributed by atoms with Gasteiger partial charge in [-0.15, -0.1) is 0 Å². The number of aliphatic hydroxyl groups is 1. The molecule has 0 saturated heterocycles. The van der Waals surface area contributed by atoms with Crippen LogP contribution in [-0.4, -0.2) is 27.5 Å². The van der Waals surface area contributed by atoms with Crippen LogP contribution < -0.4 is 5.32 Å². The van der Waals surface area contributed by atoms with Crippen molar-refractivity contribution in [3.05, 3.63) is 48.3 Å². The number of nitrogens with zero attached hydrogens (tertiary/aromatic N) is 2. The van der Waals surface area contributed by atoms with Crippen molar-refractivity contribution in [2.45, 2.75) is 31.4 Å². The van der Waals surface area contributed by atoms with Crippen molar-refractivity contribution in [2.24, 2.45) is 0 Å². The van der Waals surface area contributed by atoms with Crippen molar-refractivity contribution in [3.8, 4) is 5.69 Å². The maximum Gasteiger partial charge on any atom is 0.116 e. The third-order valence-electron chi connectivity index (χ3n) is 3.51. The van der Waals surface area contributed by atoms with Gasteiger partial charge in [0.2, 0.25) is 0 Å². The van der Waals surface area contributed by atoms with E-state index in [1.807, 2.05) is 43.3 Å². The number of aromatic nitrogens is 2. The SMILES string of the molecule is CC(O)(CNC1CC1)c1ccnn1-c1ccccc1. The first-order valence-corrected chi connectivity index (χ1v) is 6.72. The summed E-state index contributed by atoms with van der Waals surface area (Å²) in [4.78, 5) is 0. The van der Waals surface area contributed by atoms with Crippen LogP contribution in [0, 0.1) is 0 Å². The van der Waals surface area contributed by atoms with Crippen LogP contribution in [0.5, 0.6) is 0 Å². The van der Waals surface area contributed by atoms with Gasteiger partial charge in [-0.05, 0) is 38.0 Å². The zero-order chi connectivity index (χ0) is 13.3. The molecule has 0 amide bonds. The van der Waals surface area contributed by atoms with Gasteiger partial charge < -0.3 is 10.4 Å². The van der Waals surface area contributed by atoms with E-state index in [0.717, 1.165) is 11.4 Å². The van der Waals surface area contributed by atoms with Crippen LogP contribution in [-0.2, 0) is 5.60 Å². The van der Waals surface area contributed by atoms with Gasteiger partial charge in [0.25, 0.3) is 0 Å². The fourth-order valence-electron chi connectivity index (χ4n) is 2.21. The molecule has 0 aliphatic heterocycles. The Bertz CT molecular complexity index is 544. The van der Waals surface area contributed by atoms with Gasteiger partial charge in [-0.1, -0.05) is 18.2 Å². The van der Waals surface area contributed by atoms with E-state index in [4.69, 9.17) is 0 Å². The second-order valence-corrected chi connectivity index (χ2v) is 5.39. The summed E-state index contributed by atoms with van der Waals surface area (Å²) < 4.78 is 1.80. The standard InChI is InChI=1S/C15H19N3O/c1-15(19,11-16-12-7-8-12)14-9-10-17-18(14)13-5-3-2-4-6-13/h2-6,9-10,12,16,19H,7-8,11H2,1H3. The maximum atomic E-state index is 10.7. The Labute approximate surface area is 113 Å². The first-order chi connectivity index (χ1) is 9.17. The van der Waals surface area contributed by atoms with Crippen molar-refractivity contribution >= 4 is 0 Å². The molecule has 1 aromatic heterocycles. The van der Waals surface area contributed by atoms with E-state index in [1.165, 1.54) is 12.8 Å². The minimum atomic E-state index is -0.922. The molecule has 0 bridgehead atoms. The van der Waals surface area contributed by atoms with Crippen molar-refractivity contribution < 1.29 is 5.11 Å². The lowest BCUT2D eigenvalue weighted by molar-refractivity contribution is 0.0496. The van der Waals surface area contributed by atoms with Gasteiger partial charge in [-0.3, -0.25) is 0 Å². The summed E-state index contributed by atoms with van der Waals surface area (Å²) in [7, 11) is 0. The lowest BCUT2D eigenvalue weighted by atomic mass is 10.0. The van der Waals surface area contributed by atoms with Crippen LogP contribution in [0.3, 0.4) is 0 Å². The number of benzene rings is 1. The molecule has 1 aromatic carbocycles. The van der Waals surface area contributed by atoms with Gasteiger partial charge in [-0.25, -0.2) is 4.68 Å². The topological polar surface area (TPSA) is 50.1 Å². The zero-order valence-electron chi connectivity index (χ0n) is 11.1. The highest BCUT2D eigenvalue weighted by Gasteiger charge is 2.30. The minimum Gasteiger partial charge on any atom is -0.383 e. The van der Waals surface area contributed by atoms with E-state index in [2.05, 4.69) is 10.4 Å². The smallest absolute Gasteiger partial charge is 0.116 e. The van der Waals surface area contributed by atoms with E-state index < -0.39 is 5.60 Å². The van der Waals surface area contributed by atoms with Crippen LogP contribution in [0.4, 0.5) is 0 Å². The summed E-state index contributed by atoms with van der Waals surface area (Å²) in [6, 6.07) is 12.3. The van der Waals surface area contributed by atoms with Gasteiger partial charge in [-0.2, -0.15) is 5.10 Å². The molecule has 1 atom stereocenters. The highest BCUT2D eigenvalue weighted by Crippen LogP contribution is 2.25. The Kier molecular flexibility index (Phi) is 3.12. The molecule has 2 N–H and O–H groups in total. The Morgan fingerprint density at radius 2 is 2.05 bits per heavy atom. The summed E-state index contributed by atoms with van der Waals surface area (Å²) in [5.41, 5.74) is 0.857. The minimum absolute atomic E-state index is 0.552. The van der Waals surface area contributed by atoms with Gasteiger partial charge in [0.1, 0.15) is 5.60 Å². The highest BCUT2D eigenvalue weighted by atomic mass is 16.3. The average Bonchev–Trinajstić information content (AvgIpc) is 3.11. The first kappa shape index (κ1) is 12.4. The molecule has 4 nitrogen and oxygen atoms in total. The number of hydrogen-bond donors (Lipinski definition) is 2. The molecular weight excluding hydrogens is 238 g/mol. The fourth-order valence-corrected chi connectivity index (χ4v) is 2.21. The third kappa shape index (κ3) is 2.69. The van der Waals surface area contributed by atoms with Gasteiger partial charge in [0.05, 0.1) is 11.4 Å². The summed E-state index contributed by atoms with van der Waals surface area (Å²) in [6.07, 6.45) is 4.16. The van der Waals surface area contributed by atoms with E-state index in [1.54, 1.807) is 10.9 Å². The Morgan fingerprint density at radius 1 is 1.32 bits per heavy atom. The van der Waals surface area contributed by atoms with Crippen LogP contribution in [0.25, 0.3) is 5.69 Å². The molecule has 1 aliphatic rings. The monoisotopic (exact) mass is 257 g/mol. The average molecular weight is 257 g/mol. The van der Waals surface area contributed by atoms with E-state index in [0.29, 0.717) is 12.6 Å². The van der Waals surface area contributed by atoms with Crippen molar-refractivity contribution in [2.75, 3.05) is 6.54 Å². The highest BCUT2D eigenvalue weighted by molar-refractivity contribution is 5.33. The zero-order valence-corrected chi connectivity index (χ0v) is 11.1. The maximum absolute atomic E-state index is 10.7. The van der Waals surface area contributed by atoms with Crippen LogP contribution in [0.2, 0.25) is 0 Å². The Balaban J connectivity index is 1.86. The largest absolute Gasteiger partial charge is 0.383 e. The normalized spacial score (nSPS) is 18.2. The molecular formula is C15H19N3O.